The molecule has 0 atom stereocenters. The summed E-state index contributed by atoms with van der Waals surface area (Å²) in [5.41, 5.74) is 10.9. The molecule has 1 aliphatic heterocycles. The van der Waals surface area contributed by atoms with Gasteiger partial charge < -0.3 is 15.4 Å². The number of carbonyl (C=O) groups excluding carboxylic acids is 1. The lowest BCUT2D eigenvalue weighted by molar-refractivity contribution is 0.0000236. The van der Waals surface area contributed by atoms with Gasteiger partial charge >= 0.3 is 0 Å². The Balaban J connectivity index is 1.73. The number of nitrogens with two attached hydrogens (primary N) is 1. The van der Waals surface area contributed by atoms with Crippen molar-refractivity contribution in [3.05, 3.63) is 47.0 Å². The van der Waals surface area contributed by atoms with E-state index >= 15 is 0 Å². The van der Waals surface area contributed by atoms with Crippen LogP contribution in [0.15, 0.2) is 24.7 Å². The van der Waals surface area contributed by atoms with Gasteiger partial charge in [0.25, 0.3) is 11.8 Å². The van der Waals surface area contributed by atoms with Gasteiger partial charge in [0.1, 0.15) is 30.9 Å². The van der Waals surface area contributed by atoms with Crippen LogP contribution in [0.5, 0.6) is 5.88 Å². The first-order valence-corrected chi connectivity index (χ1v) is 10.1. The van der Waals surface area contributed by atoms with E-state index in [0.29, 0.717) is 17.9 Å². The highest BCUT2D eigenvalue weighted by atomic mass is 19.3. The molecule has 0 spiro atoms. The standard InChI is InChI=1S/C22H24F2N6O2/c1-12-7-15(29-5-6-32-20-18(21(29)31)19(25)26-11-27-20)8-13(2)17(12)16-9-28-30(14(16)3)10-22(4,23)24/h7-9,11H,5-6,10H2,1-4H3,(H2,25,26,27). The lowest BCUT2D eigenvalue weighted by Gasteiger charge is -2.23. The number of alkyl halides is 2. The van der Waals surface area contributed by atoms with Gasteiger partial charge in [-0.1, -0.05) is 0 Å². The molecule has 8 nitrogen and oxygen atoms in total. The monoisotopic (exact) mass is 442 g/mol. The molecule has 4 rings (SSSR count). The third-order valence-electron chi connectivity index (χ3n) is 5.48. The van der Waals surface area contributed by atoms with Gasteiger partial charge in [0.15, 0.2) is 0 Å². The van der Waals surface area contributed by atoms with Crippen LogP contribution in [0.1, 0.15) is 34.1 Å². The summed E-state index contributed by atoms with van der Waals surface area (Å²) in [6.07, 6.45) is 2.87. The molecule has 0 saturated heterocycles. The maximum atomic E-state index is 13.5. The normalized spacial score (nSPS) is 14.2. The molecule has 2 aromatic heterocycles. The fourth-order valence-corrected chi connectivity index (χ4v) is 4.04. The second-order valence-electron chi connectivity index (χ2n) is 8.07. The maximum absolute atomic E-state index is 13.5. The fraction of sp³-hybridized carbons (Fsp3) is 0.364. The third-order valence-corrected chi connectivity index (χ3v) is 5.48. The summed E-state index contributed by atoms with van der Waals surface area (Å²) in [6, 6.07) is 3.77. The topological polar surface area (TPSA) is 99.2 Å². The second-order valence-corrected chi connectivity index (χ2v) is 8.07. The molecule has 0 radical (unpaired) electrons. The molecular formula is C22H24F2N6O2. The minimum atomic E-state index is -2.86. The molecule has 10 heteroatoms. The molecule has 0 saturated carbocycles. The molecule has 0 fully saturated rings. The first kappa shape index (κ1) is 21.7. The van der Waals surface area contributed by atoms with Crippen LogP contribution in [-0.2, 0) is 6.54 Å². The Morgan fingerprint density at radius 1 is 1.16 bits per heavy atom. The number of ether oxygens (including phenoxy) is 1. The number of aromatic nitrogens is 4. The highest BCUT2D eigenvalue weighted by molar-refractivity contribution is 6.10. The predicted octanol–water partition coefficient (Wildman–Crippen LogP) is 3.54. The van der Waals surface area contributed by atoms with E-state index in [0.717, 1.165) is 29.2 Å². The van der Waals surface area contributed by atoms with Crippen molar-refractivity contribution in [3.63, 3.8) is 0 Å². The lowest BCUT2D eigenvalue weighted by Crippen LogP contribution is -2.33. The Kier molecular flexibility index (Phi) is 5.31. The maximum Gasteiger partial charge on any atom is 0.267 e. The minimum absolute atomic E-state index is 0.0627. The predicted molar refractivity (Wildman–Crippen MR) is 116 cm³/mol. The van der Waals surface area contributed by atoms with Gasteiger partial charge in [-0.2, -0.15) is 5.10 Å². The Bertz CT molecular complexity index is 1180. The number of benzene rings is 1. The molecule has 0 unspecified atom stereocenters. The summed E-state index contributed by atoms with van der Waals surface area (Å²) in [5, 5.41) is 4.16. The van der Waals surface area contributed by atoms with Gasteiger partial charge in [-0.15, -0.1) is 0 Å². The summed E-state index contributed by atoms with van der Waals surface area (Å²) >= 11 is 0. The van der Waals surface area contributed by atoms with E-state index in [4.69, 9.17) is 10.5 Å². The van der Waals surface area contributed by atoms with Gasteiger partial charge in [-0.3, -0.25) is 9.48 Å². The van der Waals surface area contributed by atoms with Crippen molar-refractivity contribution in [1.29, 1.82) is 0 Å². The van der Waals surface area contributed by atoms with Crippen LogP contribution >= 0.6 is 0 Å². The van der Waals surface area contributed by atoms with E-state index in [-0.39, 0.29) is 29.8 Å². The van der Waals surface area contributed by atoms with Crippen LogP contribution in [0.25, 0.3) is 11.1 Å². The van der Waals surface area contributed by atoms with E-state index in [1.807, 2.05) is 26.0 Å². The van der Waals surface area contributed by atoms with Crippen molar-refractivity contribution < 1.29 is 18.3 Å². The van der Waals surface area contributed by atoms with Crippen molar-refractivity contribution in [1.82, 2.24) is 19.7 Å². The molecule has 1 amide bonds. The quantitative estimate of drug-likeness (QED) is 0.664. The molecule has 3 heterocycles. The molecule has 1 aromatic carbocycles. The van der Waals surface area contributed by atoms with E-state index < -0.39 is 12.5 Å². The second kappa shape index (κ2) is 7.85. The Morgan fingerprint density at radius 3 is 2.50 bits per heavy atom. The number of hydrogen-bond donors (Lipinski definition) is 1. The highest BCUT2D eigenvalue weighted by Crippen LogP contribution is 2.35. The number of nitrogens with zero attached hydrogens (tertiary/aromatic N) is 5. The van der Waals surface area contributed by atoms with Crippen LogP contribution in [0.3, 0.4) is 0 Å². The zero-order valence-electron chi connectivity index (χ0n) is 18.3. The average molecular weight is 442 g/mol. The van der Waals surface area contributed by atoms with Crippen molar-refractivity contribution in [3.8, 4) is 17.0 Å². The Hall–Kier alpha value is -3.56. The van der Waals surface area contributed by atoms with E-state index in [2.05, 4.69) is 15.1 Å². The highest BCUT2D eigenvalue weighted by Gasteiger charge is 2.30. The summed E-state index contributed by atoms with van der Waals surface area (Å²) in [4.78, 5) is 22.8. The molecule has 3 aromatic rings. The number of hydrogen-bond acceptors (Lipinski definition) is 6. The summed E-state index contributed by atoms with van der Waals surface area (Å²) < 4.78 is 33.9. The zero-order valence-corrected chi connectivity index (χ0v) is 18.3. The van der Waals surface area contributed by atoms with Gasteiger partial charge in [0.05, 0.1) is 12.7 Å². The number of halogens is 2. The SMILES string of the molecule is Cc1cc(N2CCOc3ncnc(N)c3C2=O)cc(C)c1-c1cnn(CC(C)(F)F)c1C. The third kappa shape index (κ3) is 3.88. The minimum Gasteiger partial charge on any atom is -0.475 e. The van der Waals surface area contributed by atoms with Crippen LogP contribution in [0, 0.1) is 20.8 Å². The molecule has 32 heavy (non-hydrogen) atoms. The van der Waals surface area contributed by atoms with E-state index in [1.165, 1.54) is 11.0 Å². The molecule has 0 aliphatic carbocycles. The van der Waals surface area contributed by atoms with Crippen LogP contribution in [-0.4, -0.2) is 44.7 Å². The van der Waals surface area contributed by atoms with Crippen molar-refractivity contribution >= 4 is 17.4 Å². The Labute approximate surface area is 184 Å². The smallest absolute Gasteiger partial charge is 0.267 e. The number of aryl methyl sites for hydroxylation is 2. The largest absolute Gasteiger partial charge is 0.475 e. The fourth-order valence-electron chi connectivity index (χ4n) is 4.04. The number of rotatable bonds is 4. The first-order chi connectivity index (χ1) is 15.1. The van der Waals surface area contributed by atoms with Crippen molar-refractivity contribution in [2.45, 2.75) is 40.2 Å². The Morgan fingerprint density at radius 2 is 1.84 bits per heavy atom. The van der Waals surface area contributed by atoms with Crippen LogP contribution in [0.4, 0.5) is 20.3 Å². The van der Waals surface area contributed by atoms with Crippen LogP contribution < -0.4 is 15.4 Å². The van der Waals surface area contributed by atoms with Crippen LogP contribution in [0.2, 0.25) is 0 Å². The summed E-state index contributed by atoms with van der Waals surface area (Å²) in [6.45, 7) is 6.57. The van der Waals surface area contributed by atoms with E-state index in [9.17, 15) is 13.6 Å². The van der Waals surface area contributed by atoms with Gasteiger partial charge in [-0.05, 0) is 49.6 Å². The average Bonchev–Trinajstić information content (AvgIpc) is 2.92. The molecular weight excluding hydrogens is 418 g/mol. The molecule has 0 bridgehead atoms. The number of carbonyl (C=O) groups is 1. The van der Waals surface area contributed by atoms with Crippen molar-refractivity contribution in [2.75, 3.05) is 23.8 Å². The van der Waals surface area contributed by atoms with Crippen molar-refractivity contribution in [2.24, 2.45) is 0 Å². The number of fused-ring (bicyclic) bond motifs is 1. The number of anilines is 2. The summed E-state index contributed by atoms with van der Waals surface area (Å²) in [7, 11) is 0. The first-order valence-electron chi connectivity index (χ1n) is 10.1. The molecule has 168 valence electrons. The lowest BCUT2D eigenvalue weighted by atomic mass is 9.95. The van der Waals surface area contributed by atoms with Gasteiger partial charge in [0, 0.05) is 23.9 Å². The summed E-state index contributed by atoms with van der Waals surface area (Å²) in [5.74, 6) is -2.96. The zero-order chi connectivity index (χ0) is 23.2. The van der Waals surface area contributed by atoms with Gasteiger partial charge in [0.2, 0.25) is 5.88 Å². The molecule has 2 N–H and O–H groups in total. The number of nitrogen functional groups attached to an aromatic ring is 1. The number of amides is 1. The van der Waals surface area contributed by atoms with Gasteiger partial charge in [-0.25, -0.2) is 18.7 Å². The van der Waals surface area contributed by atoms with E-state index in [1.54, 1.807) is 18.0 Å². The molecule has 1 aliphatic rings.